The van der Waals surface area contributed by atoms with Crippen LogP contribution in [0.4, 0.5) is 0 Å². The van der Waals surface area contributed by atoms with Gasteiger partial charge in [-0.3, -0.25) is 4.90 Å². The van der Waals surface area contributed by atoms with Gasteiger partial charge in [0.15, 0.2) is 0 Å². The second-order valence-electron chi connectivity index (χ2n) is 4.99. The van der Waals surface area contributed by atoms with E-state index in [1.54, 1.807) is 7.11 Å². The van der Waals surface area contributed by atoms with Crippen molar-refractivity contribution in [1.29, 1.82) is 0 Å². The van der Waals surface area contributed by atoms with Crippen molar-refractivity contribution in [2.45, 2.75) is 6.54 Å². The van der Waals surface area contributed by atoms with E-state index >= 15 is 0 Å². The van der Waals surface area contributed by atoms with Gasteiger partial charge in [0.1, 0.15) is 0 Å². The Kier molecular flexibility index (Phi) is 5.57. The third-order valence-corrected chi connectivity index (χ3v) is 3.50. The molecule has 1 aliphatic heterocycles. The molecule has 1 N–H and O–H groups in total. The Morgan fingerprint density at radius 3 is 2.79 bits per heavy atom. The summed E-state index contributed by atoms with van der Waals surface area (Å²) in [5.74, 6) is 0.679. The second kappa shape index (κ2) is 7.43. The number of nitrogens with one attached hydrogen (secondary N) is 1. The molecule has 2 heterocycles. The molecule has 0 bridgehead atoms. The van der Waals surface area contributed by atoms with Crippen LogP contribution in [0, 0.1) is 0 Å². The molecular formula is C14H24N4O. The summed E-state index contributed by atoms with van der Waals surface area (Å²) in [4.78, 5) is 9.27. The SMILES string of the molecule is COc1cccc(CNCCN2CCN(C)CC2)n1. The fourth-order valence-corrected chi connectivity index (χ4v) is 2.19. The number of methoxy groups -OCH3 is 1. The van der Waals surface area contributed by atoms with Crippen molar-refractivity contribution in [2.75, 3.05) is 53.4 Å². The number of nitrogens with zero attached hydrogens (tertiary/aromatic N) is 3. The highest BCUT2D eigenvalue weighted by molar-refractivity contribution is 5.15. The Morgan fingerprint density at radius 2 is 2.05 bits per heavy atom. The van der Waals surface area contributed by atoms with Gasteiger partial charge < -0.3 is 15.0 Å². The van der Waals surface area contributed by atoms with Gasteiger partial charge in [-0.1, -0.05) is 6.07 Å². The van der Waals surface area contributed by atoms with Crippen LogP contribution < -0.4 is 10.1 Å². The minimum Gasteiger partial charge on any atom is -0.481 e. The van der Waals surface area contributed by atoms with Gasteiger partial charge in [-0.2, -0.15) is 0 Å². The van der Waals surface area contributed by atoms with Crippen molar-refractivity contribution >= 4 is 0 Å². The summed E-state index contributed by atoms with van der Waals surface area (Å²) < 4.78 is 5.11. The van der Waals surface area contributed by atoms with Crippen molar-refractivity contribution < 1.29 is 4.74 Å². The third-order valence-electron chi connectivity index (χ3n) is 3.50. The van der Waals surface area contributed by atoms with Crippen molar-refractivity contribution in [1.82, 2.24) is 20.1 Å². The molecule has 2 rings (SSSR count). The van der Waals surface area contributed by atoms with Gasteiger partial charge in [0.25, 0.3) is 0 Å². The molecule has 106 valence electrons. The summed E-state index contributed by atoms with van der Waals surface area (Å²) in [6.45, 7) is 7.62. The highest BCUT2D eigenvalue weighted by Crippen LogP contribution is 2.06. The standard InChI is InChI=1S/C14H24N4O/c1-17-8-10-18(11-9-17)7-6-15-12-13-4-3-5-14(16-13)19-2/h3-5,15H,6-12H2,1-2H3. The fraction of sp³-hybridized carbons (Fsp3) is 0.643. The second-order valence-corrected chi connectivity index (χ2v) is 4.99. The predicted octanol–water partition coefficient (Wildman–Crippen LogP) is 0.427. The van der Waals surface area contributed by atoms with Gasteiger partial charge in [0.2, 0.25) is 5.88 Å². The first-order chi connectivity index (χ1) is 9.28. The fourth-order valence-electron chi connectivity index (χ4n) is 2.19. The Hall–Kier alpha value is -1.17. The molecule has 1 aliphatic rings. The molecule has 1 fully saturated rings. The molecule has 1 aromatic heterocycles. The third kappa shape index (κ3) is 4.78. The summed E-state index contributed by atoms with van der Waals surface area (Å²) in [6.07, 6.45) is 0. The van der Waals surface area contributed by atoms with E-state index < -0.39 is 0 Å². The van der Waals surface area contributed by atoms with Crippen LogP contribution in [0.3, 0.4) is 0 Å². The molecule has 1 saturated heterocycles. The molecule has 0 atom stereocenters. The minimum absolute atomic E-state index is 0.679. The number of ether oxygens (including phenoxy) is 1. The molecule has 0 aliphatic carbocycles. The smallest absolute Gasteiger partial charge is 0.213 e. The summed E-state index contributed by atoms with van der Waals surface area (Å²) in [6, 6.07) is 5.86. The monoisotopic (exact) mass is 264 g/mol. The van der Waals surface area contributed by atoms with Crippen molar-refractivity contribution in [3.63, 3.8) is 0 Å². The largest absolute Gasteiger partial charge is 0.481 e. The van der Waals surface area contributed by atoms with E-state index in [4.69, 9.17) is 4.74 Å². The molecule has 19 heavy (non-hydrogen) atoms. The van der Waals surface area contributed by atoms with Crippen molar-refractivity contribution in [3.05, 3.63) is 23.9 Å². The van der Waals surface area contributed by atoms with Crippen LogP contribution in [-0.4, -0.2) is 68.2 Å². The molecule has 0 spiro atoms. The van der Waals surface area contributed by atoms with Crippen LogP contribution in [0.1, 0.15) is 5.69 Å². The number of piperazine rings is 1. The van der Waals surface area contributed by atoms with E-state index in [1.165, 1.54) is 26.2 Å². The number of likely N-dealkylation sites (N-methyl/N-ethyl adjacent to an activating group) is 1. The molecule has 5 nitrogen and oxygen atoms in total. The summed E-state index contributed by atoms with van der Waals surface area (Å²) in [5.41, 5.74) is 1.03. The van der Waals surface area contributed by atoms with Crippen LogP contribution in [0.5, 0.6) is 5.88 Å². The molecule has 0 amide bonds. The van der Waals surface area contributed by atoms with E-state index in [9.17, 15) is 0 Å². The lowest BCUT2D eigenvalue weighted by Crippen LogP contribution is -2.46. The van der Waals surface area contributed by atoms with Crippen molar-refractivity contribution in [2.24, 2.45) is 0 Å². The zero-order chi connectivity index (χ0) is 13.5. The number of pyridine rings is 1. The first kappa shape index (κ1) is 14.2. The first-order valence-electron chi connectivity index (χ1n) is 6.89. The zero-order valence-corrected chi connectivity index (χ0v) is 11.9. The number of aromatic nitrogens is 1. The van der Waals surface area contributed by atoms with Crippen LogP contribution >= 0.6 is 0 Å². The van der Waals surface area contributed by atoms with Crippen LogP contribution in [-0.2, 0) is 6.54 Å². The van der Waals surface area contributed by atoms with Crippen molar-refractivity contribution in [3.8, 4) is 5.88 Å². The Labute approximate surface area is 115 Å². The Bertz CT molecular complexity index is 377. The number of hydrogen-bond donors (Lipinski definition) is 1. The van der Waals surface area contributed by atoms with Gasteiger partial charge in [0.05, 0.1) is 12.8 Å². The molecule has 0 unspecified atom stereocenters. The Morgan fingerprint density at radius 1 is 1.26 bits per heavy atom. The lowest BCUT2D eigenvalue weighted by molar-refractivity contribution is 0.154. The lowest BCUT2D eigenvalue weighted by atomic mass is 10.3. The summed E-state index contributed by atoms with van der Waals surface area (Å²) in [7, 11) is 3.83. The maximum atomic E-state index is 5.11. The summed E-state index contributed by atoms with van der Waals surface area (Å²) in [5, 5.41) is 3.44. The molecule has 0 saturated carbocycles. The first-order valence-corrected chi connectivity index (χ1v) is 6.89. The average molecular weight is 264 g/mol. The topological polar surface area (TPSA) is 40.6 Å². The van der Waals surface area contributed by atoms with E-state index in [1.807, 2.05) is 18.2 Å². The Balaban J connectivity index is 1.63. The molecule has 1 aromatic rings. The van der Waals surface area contributed by atoms with Crippen LogP contribution in [0.15, 0.2) is 18.2 Å². The molecule has 0 radical (unpaired) electrons. The molecule has 5 heteroatoms. The maximum Gasteiger partial charge on any atom is 0.213 e. The van der Waals surface area contributed by atoms with Gasteiger partial charge in [-0.15, -0.1) is 0 Å². The van der Waals surface area contributed by atoms with Crippen LogP contribution in [0.25, 0.3) is 0 Å². The van der Waals surface area contributed by atoms with Gasteiger partial charge in [-0.25, -0.2) is 4.98 Å². The maximum absolute atomic E-state index is 5.11. The molecule has 0 aromatic carbocycles. The normalized spacial score (nSPS) is 17.6. The van der Waals surface area contributed by atoms with Gasteiger partial charge in [-0.05, 0) is 13.1 Å². The summed E-state index contributed by atoms with van der Waals surface area (Å²) >= 11 is 0. The van der Waals surface area contributed by atoms with Gasteiger partial charge >= 0.3 is 0 Å². The van der Waals surface area contributed by atoms with E-state index in [-0.39, 0.29) is 0 Å². The minimum atomic E-state index is 0.679. The zero-order valence-electron chi connectivity index (χ0n) is 11.9. The quantitative estimate of drug-likeness (QED) is 0.755. The van der Waals surface area contributed by atoms with Crippen LogP contribution in [0.2, 0.25) is 0 Å². The lowest BCUT2D eigenvalue weighted by Gasteiger charge is -2.32. The number of rotatable bonds is 6. The predicted molar refractivity (Wildman–Crippen MR) is 76.4 cm³/mol. The van der Waals surface area contributed by atoms with E-state index in [0.717, 1.165) is 25.3 Å². The van der Waals surface area contributed by atoms with E-state index in [0.29, 0.717) is 5.88 Å². The highest BCUT2D eigenvalue weighted by atomic mass is 16.5. The number of hydrogen-bond acceptors (Lipinski definition) is 5. The van der Waals surface area contributed by atoms with Gasteiger partial charge in [0, 0.05) is 51.9 Å². The average Bonchev–Trinajstić information content (AvgIpc) is 2.46. The van der Waals surface area contributed by atoms with E-state index in [2.05, 4.69) is 27.1 Å². The highest BCUT2D eigenvalue weighted by Gasteiger charge is 2.12. The molecular weight excluding hydrogens is 240 g/mol.